The number of hydrogen-bond acceptors (Lipinski definition) is 8. The van der Waals surface area contributed by atoms with Gasteiger partial charge in [-0.05, 0) is 35.4 Å². The SMILES string of the molecule is NCCS(=O)(=O)c1[nH]ccc1C(=O)NCC(=O)Nc1nc(-c2cccc(-c3ccncc3)c2)cs1. The normalized spacial score (nSPS) is 11.2. The number of sulfone groups is 1. The van der Waals surface area contributed by atoms with Crippen LogP contribution < -0.4 is 16.4 Å². The fourth-order valence-corrected chi connectivity index (χ4v) is 5.33. The van der Waals surface area contributed by atoms with Gasteiger partial charge < -0.3 is 21.4 Å². The second kappa shape index (κ2) is 10.6. The van der Waals surface area contributed by atoms with E-state index in [1.165, 1.54) is 23.6 Å². The van der Waals surface area contributed by atoms with Crippen molar-refractivity contribution < 1.29 is 18.0 Å². The summed E-state index contributed by atoms with van der Waals surface area (Å²) in [6.07, 6.45) is 4.81. The van der Waals surface area contributed by atoms with E-state index in [4.69, 9.17) is 5.73 Å². The number of rotatable bonds is 9. The molecular formula is C23H22N6O4S2. The molecule has 0 aliphatic rings. The molecule has 1 aromatic carbocycles. The molecule has 3 aromatic heterocycles. The first-order chi connectivity index (χ1) is 16.9. The quantitative estimate of drug-likeness (QED) is 0.269. The molecule has 4 aromatic rings. The summed E-state index contributed by atoms with van der Waals surface area (Å²) in [7, 11) is -3.73. The van der Waals surface area contributed by atoms with Gasteiger partial charge in [-0.15, -0.1) is 11.3 Å². The fourth-order valence-electron chi connectivity index (χ4n) is 3.33. The number of aromatic nitrogens is 3. The highest BCUT2D eigenvalue weighted by atomic mass is 32.2. The highest BCUT2D eigenvalue weighted by Crippen LogP contribution is 2.28. The van der Waals surface area contributed by atoms with Crippen molar-refractivity contribution >= 4 is 38.1 Å². The van der Waals surface area contributed by atoms with E-state index >= 15 is 0 Å². The van der Waals surface area contributed by atoms with Gasteiger partial charge in [0.05, 0.1) is 23.6 Å². The molecule has 0 saturated carbocycles. The van der Waals surface area contributed by atoms with Crippen molar-refractivity contribution in [1.82, 2.24) is 20.3 Å². The lowest BCUT2D eigenvalue weighted by Gasteiger charge is -2.07. The number of nitrogens with two attached hydrogens (primary N) is 1. The number of carbonyl (C=O) groups excluding carboxylic acids is 2. The minimum atomic E-state index is -3.73. The number of thiazole rings is 1. The van der Waals surface area contributed by atoms with Crippen LogP contribution in [-0.2, 0) is 14.6 Å². The number of hydrogen-bond donors (Lipinski definition) is 4. The first-order valence-electron chi connectivity index (χ1n) is 10.5. The molecule has 0 aliphatic carbocycles. The smallest absolute Gasteiger partial charge is 0.254 e. The first-order valence-corrected chi connectivity index (χ1v) is 13.0. The van der Waals surface area contributed by atoms with Crippen LogP contribution in [0.2, 0.25) is 0 Å². The summed E-state index contributed by atoms with van der Waals surface area (Å²) < 4.78 is 24.5. The van der Waals surface area contributed by atoms with E-state index in [1.54, 1.807) is 12.4 Å². The number of aromatic amines is 1. The molecule has 10 nitrogen and oxygen atoms in total. The lowest BCUT2D eigenvalue weighted by molar-refractivity contribution is -0.115. The van der Waals surface area contributed by atoms with Crippen molar-refractivity contribution in [2.75, 3.05) is 24.2 Å². The van der Waals surface area contributed by atoms with Gasteiger partial charge in [0, 0.05) is 36.1 Å². The third-order valence-corrected chi connectivity index (χ3v) is 7.47. The van der Waals surface area contributed by atoms with Crippen LogP contribution in [0.1, 0.15) is 10.4 Å². The summed E-state index contributed by atoms with van der Waals surface area (Å²) >= 11 is 1.26. The Bertz CT molecular complexity index is 1450. The zero-order valence-corrected chi connectivity index (χ0v) is 20.0. The van der Waals surface area contributed by atoms with E-state index in [0.29, 0.717) is 10.8 Å². The third-order valence-electron chi connectivity index (χ3n) is 4.98. The maximum Gasteiger partial charge on any atom is 0.254 e. The molecule has 0 fully saturated rings. The van der Waals surface area contributed by atoms with Gasteiger partial charge in [0.2, 0.25) is 5.91 Å². The summed E-state index contributed by atoms with van der Waals surface area (Å²) in [5.41, 5.74) is 8.91. The maximum atomic E-state index is 12.4. The molecular weight excluding hydrogens is 488 g/mol. The van der Waals surface area contributed by atoms with E-state index in [-0.39, 0.29) is 29.4 Å². The van der Waals surface area contributed by atoms with Gasteiger partial charge in [-0.3, -0.25) is 14.6 Å². The van der Waals surface area contributed by atoms with Crippen LogP contribution in [0.4, 0.5) is 5.13 Å². The Morgan fingerprint density at radius 1 is 1.06 bits per heavy atom. The monoisotopic (exact) mass is 510 g/mol. The molecule has 2 amide bonds. The molecule has 0 bridgehead atoms. The van der Waals surface area contributed by atoms with Crippen LogP contribution in [0.5, 0.6) is 0 Å². The van der Waals surface area contributed by atoms with Gasteiger partial charge in [-0.1, -0.05) is 18.2 Å². The number of carbonyl (C=O) groups is 2. The van der Waals surface area contributed by atoms with E-state index in [0.717, 1.165) is 16.7 Å². The van der Waals surface area contributed by atoms with Crippen LogP contribution >= 0.6 is 11.3 Å². The lowest BCUT2D eigenvalue weighted by atomic mass is 10.0. The molecule has 180 valence electrons. The molecule has 35 heavy (non-hydrogen) atoms. The van der Waals surface area contributed by atoms with Crippen molar-refractivity contribution in [3.05, 3.63) is 72.0 Å². The molecule has 3 heterocycles. The highest BCUT2D eigenvalue weighted by molar-refractivity contribution is 7.91. The van der Waals surface area contributed by atoms with Crippen molar-refractivity contribution in [3.8, 4) is 22.4 Å². The van der Waals surface area contributed by atoms with Gasteiger partial charge in [0.1, 0.15) is 5.03 Å². The summed E-state index contributed by atoms with van der Waals surface area (Å²) in [6, 6.07) is 13.0. The van der Waals surface area contributed by atoms with Gasteiger partial charge in [0.25, 0.3) is 5.91 Å². The van der Waals surface area contributed by atoms with Crippen LogP contribution in [0.15, 0.2) is 71.5 Å². The molecule has 0 atom stereocenters. The number of nitrogens with one attached hydrogen (secondary N) is 3. The minimum absolute atomic E-state index is 0.0723. The Morgan fingerprint density at radius 2 is 1.83 bits per heavy atom. The Balaban J connectivity index is 1.38. The van der Waals surface area contributed by atoms with Crippen LogP contribution in [0.3, 0.4) is 0 Å². The molecule has 0 radical (unpaired) electrons. The van der Waals surface area contributed by atoms with Gasteiger partial charge in [-0.25, -0.2) is 13.4 Å². The number of benzene rings is 1. The Labute approximate surface area is 205 Å². The molecule has 12 heteroatoms. The number of anilines is 1. The predicted molar refractivity (Wildman–Crippen MR) is 134 cm³/mol. The highest BCUT2D eigenvalue weighted by Gasteiger charge is 2.23. The molecule has 4 rings (SSSR count). The molecule has 0 spiro atoms. The van der Waals surface area contributed by atoms with E-state index in [1.807, 2.05) is 41.8 Å². The number of pyridine rings is 1. The van der Waals surface area contributed by atoms with Gasteiger partial charge in [-0.2, -0.15) is 0 Å². The molecule has 0 aliphatic heterocycles. The maximum absolute atomic E-state index is 12.4. The van der Waals surface area contributed by atoms with Crippen LogP contribution in [-0.4, -0.2) is 54.0 Å². The molecule has 5 N–H and O–H groups in total. The summed E-state index contributed by atoms with van der Waals surface area (Å²) in [4.78, 5) is 35.9. The fraction of sp³-hybridized carbons (Fsp3) is 0.130. The number of H-pyrrole nitrogens is 1. The van der Waals surface area contributed by atoms with E-state index in [9.17, 15) is 18.0 Å². The second-order valence-corrected chi connectivity index (χ2v) is 10.3. The van der Waals surface area contributed by atoms with Gasteiger partial charge in [0.15, 0.2) is 15.0 Å². The van der Waals surface area contributed by atoms with Crippen molar-refractivity contribution in [2.45, 2.75) is 5.03 Å². The zero-order valence-electron chi connectivity index (χ0n) is 18.4. The Morgan fingerprint density at radius 3 is 2.60 bits per heavy atom. The summed E-state index contributed by atoms with van der Waals surface area (Å²) in [6.45, 7) is -0.429. The average molecular weight is 511 g/mol. The first kappa shape index (κ1) is 24.3. The lowest BCUT2D eigenvalue weighted by Crippen LogP contribution is -2.33. The molecule has 0 saturated heterocycles. The predicted octanol–water partition coefficient (Wildman–Crippen LogP) is 2.30. The summed E-state index contributed by atoms with van der Waals surface area (Å²) in [5.74, 6) is -1.48. The number of amides is 2. The Kier molecular flexibility index (Phi) is 7.34. The van der Waals surface area contributed by atoms with E-state index < -0.39 is 21.7 Å². The molecule has 0 unspecified atom stereocenters. The van der Waals surface area contributed by atoms with E-state index in [2.05, 4.69) is 25.6 Å². The summed E-state index contributed by atoms with van der Waals surface area (Å²) in [5, 5.41) is 7.06. The second-order valence-electron chi connectivity index (χ2n) is 7.41. The number of nitrogens with zero attached hydrogens (tertiary/aromatic N) is 2. The van der Waals surface area contributed by atoms with Crippen molar-refractivity contribution in [1.29, 1.82) is 0 Å². The van der Waals surface area contributed by atoms with Crippen LogP contribution in [0.25, 0.3) is 22.4 Å². The third kappa shape index (κ3) is 5.80. The zero-order chi connectivity index (χ0) is 24.8. The minimum Gasteiger partial charge on any atom is -0.352 e. The van der Waals surface area contributed by atoms with Crippen molar-refractivity contribution in [2.24, 2.45) is 5.73 Å². The Hall–Kier alpha value is -3.87. The van der Waals surface area contributed by atoms with Gasteiger partial charge >= 0.3 is 0 Å². The largest absolute Gasteiger partial charge is 0.352 e. The van der Waals surface area contributed by atoms with Crippen LogP contribution in [0, 0.1) is 0 Å². The standard InChI is InChI=1S/C23H22N6O4S2/c24-7-11-35(32,33)22-18(6-10-26-22)21(31)27-13-20(30)29-23-28-19(14-34-23)17-3-1-2-16(12-17)15-4-8-25-9-5-15/h1-6,8-10,12,14,26H,7,11,13,24H2,(H,27,31)(H,28,29,30). The average Bonchev–Trinajstić information content (AvgIpc) is 3.54. The topological polar surface area (TPSA) is 160 Å². The van der Waals surface area contributed by atoms with Crippen molar-refractivity contribution in [3.63, 3.8) is 0 Å².